The SMILES string of the molecule is Cc1ccc(C(O)c2c(C)oc3c(C4CCN(C)CC4O)c(O)cc(O)c3c2=O)cc1. The van der Waals surface area contributed by atoms with Gasteiger partial charge in [-0.1, -0.05) is 29.8 Å². The van der Waals surface area contributed by atoms with Gasteiger partial charge in [-0.25, -0.2) is 0 Å². The normalized spacial score (nSPS) is 20.8. The number of nitrogens with zero attached hydrogens (tertiary/aromatic N) is 1. The van der Waals surface area contributed by atoms with Crippen LogP contribution >= 0.6 is 0 Å². The zero-order valence-corrected chi connectivity index (χ0v) is 17.8. The van der Waals surface area contributed by atoms with Crippen molar-refractivity contribution >= 4 is 11.0 Å². The van der Waals surface area contributed by atoms with Gasteiger partial charge in [0.1, 0.15) is 34.3 Å². The molecule has 0 radical (unpaired) electrons. The van der Waals surface area contributed by atoms with Gasteiger partial charge in [0.25, 0.3) is 0 Å². The predicted molar refractivity (Wildman–Crippen MR) is 117 cm³/mol. The van der Waals surface area contributed by atoms with E-state index in [1.807, 2.05) is 31.0 Å². The second-order valence-corrected chi connectivity index (χ2v) is 8.47. The summed E-state index contributed by atoms with van der Waals surface area (Å²) in [7, 11) is 1.90. The third kappa shape index (κ3) is 3.69. The molecule has 0 spiro atoms. The third-order valence-corrected chi connectivity index (χ3v) is 6.21. The average Bonchev–Trinajstić information content (AvgIpc) is 2.69. The highest BCUT2D eigenvalue weighted by Crippen LogP contribution is 2.42. The average molecular weight is 425 g/mol. The van der Waals surface area contributed by atoms with Crippen LogP contribution in [0.2, 0.25) is 0 Å². The lowest BCUT2D eigenvalue weighted by atomic mass is 9.85. The molecule has 2 heterocycles. The van der Waals surface area contributed by atoms with E-state index in [0.29, 0.717) is 30.6 Å². The summed E-state index contributed by atoms with van der Waals surface area (Å²) in [6.45, 7) is 4.62. The number of phenolic OH excluding ortho intramolecular Hbond substituents is 2. The predicted octanol–water partition coefficient (Wildman–Crippen LogP) is 2.68. The number of piperidine rings is 1. The van der Waals surface area contributed by atoms with Crippen molar-refractivity contribution < 1.29 is 24.8 Å². The van der Waals surface area contributed by atoms with Crippen molar-refractivity contribution in [1.82, 2.24) is 4.90 Å². The molecule has 2 aromatic carbocycles. The number of aliphatic hydroxyl groups excluding tert-OH is 2. The van der Waals surface area contributed by atoms with Crippen molar-refractivity contribution in [1.29, 1.82) is 0 Å². The summed E-state index contributed by atoms with van der Waals surface area (Å²) in [6, 6.07) is 8.26. The second-order valence-electron chi connectivity index (χ2n) is 8.47. The number of aromatic hydroxyl groups is 2. The maximum Gasteiger partial charge on any atom is 0.202 e. The molecule has 3 unspecified atom stereocenters. The summed E-state index contributed by atoms with van der Waals surface area (Å²) < 4.78 is 5.96. The van der Waals surface area contributed by atoms with Gasteiger partial charge in [0.15, 0.2) is 0 Å². The molecule has 3 atom stereocenters. The molecule has 7 heteroatoms. The lowest BCUT2D eigenvalue weighted by Crippen LogP contribution is -2.40. The molecule has 0 amide bonds. The standard InChI is InChI=1S/C24H27NO6/c1-12-4-6-14(7-5-12)22(29)19-13(2)31-24-20(15-8-9-25(3)11-18(15)28)16(26)10-17(27)21(24)23(19)30/h4-7,10,15,18,22,26-29H,8-9,11H2,1-3H3. The molecule has 3 aromatic rings. The fraction of sp³-hybridized carbons (Fsp3) is 0.375. The van der Waals surface area contributed by atoms with Crippen LogP contribution in [-0.2, 0) is 0 Å². The zero-order valence-electron chi connectivity index (χ0n) is 17.8. The Morgan fingerprint density at radius 2 is 1.81 bits per heavy atom. The number of rotatable bonds is 3. The number of likely N-dealkylation sites (tertiary alicyclic amines) is 1. The Morgan fingerprint density at radius 1 is 1.13 bits per heavy atom. The van der Waals surface area contributed by atoms with Crippen molar-refractivity contribution in [2.75, 3.05) is 20.1 Å². The van der Waals surface area contributed by atoms with Gasteiger partial charge in [-0.3, -0.25) is 4.79 Å². The molecule has 7 nitrogen and oxygen atoms in total. The Hall–Kier alpha value is -2.87. The number of phenols is 2. The topological polar surface area (TPSA) is 114 Å². The van der Waals surface area contributed by atoms with Gasteiger partial charge in [-0.05, 0) is 39.4 Å². The van der Waals surface area contributed by atoms with Gasteiger partial charge in [0.05, 0.1) is 11.7 Å². The van der Waals surface area contributed by atoms with E-state index in [4.69, 9.17) is 4.42 Å². The molecule has 1 aliphatic heterocycles. The van der Waals surface area contributed by atoms with Crippen LogP contribution in [0.3, 0.4) is 0 Å². The highest BCUT2D eigenvalue weighted by molar-refractivity contribution is 5.89. The Kier molecular flexibility index (Phi) is 5.51. The lowest BCUT2D eigenvalue weighted by Gasteiger charge is -2.34. The summed E-state index contributed by atoms with van der Waals surface area (Å²) in [4.78, 5) is 15.4. The third-order valence-electron chi connectivity index (χ3n) is 6.21. The van der Waals surface area contributed by atoms with Crippen LogP contribution in [0.25, 0.3) is 11.0 Å². The number of likely N-dealkylation sites (N-methyl/N-ethyl adjacent to an activating group) is 1. The number of aliphatic hydroxyl groups is 2. The van der Waals surface area contributed by atoms with Gasteiger partial charge in [-0.15, -0.1) is 0 Å². The summed E-state index contributed by atoms with van der Waals surface area (Å²) in [6.07, 6.45) is -1.44. The number of fused-ring (bicyclic) bond motifs is 1. The number of aryl methyl sites for hydroxylation is 2. The van der Waals surface area contributed by atoms with Gasteiger partial charge >= 0.3 is 0 Å². The summed E-state index contributed by atoms with van der Waals surface area (Å²) in [5.74, 6) is -0.910. The van der Waals surface area contributed by atoms with E-state index in [2.05, 4.69) is 0 Å². The molecule has 1 saturated heterocycles. The largest absolute Gasteiger partial charge is 0.507 e. The first-order valence-corrected chi connectivity index (χ1v) is 10.3. The number of benzene rings is 2. The number of hydrogen-bond acceptors (Lipinski definition) is 7. The van der Waals surface area contributed by atoms with Crippen LogP contribution in [0, 0.1) is 13.8 Å². The monoisotopic (exact) mass is 425 g/mol. The molecular formula is C24H27NO6. The van der Waals surface area contributed by atoms with Crippen LogP contribution < -0.4 is 5.43 Å². The lowest BCUT2D eigenvalue weighted by molar-refractivity contribution is 0.0630. The highest BCUT2D eigenvalue weighted by Gasteiger charge is 2.34. The maximum atomic E-state index is 13.4. The van der Waals surface area contributed by atoms with Crippen LogP contribution in [0.5, 0.6) is 11.5 Å². The Labute approximate surface area is 179 Å². The van der Waals surface area contributed by atoms with Crippen molar-refractivity contribution in [3.05, 3.63) is 68.6 Å². The first-order chi connectivity index (χ1) is 14.7. The van der Waals surface area contributed by atoms with E-state index in [9.17, 15) is 25.2 Å². The number of hydrogen-bond donors (Lipinski definition) is 4. The van der Waals surface area contributed by atoms with Crippen LogP contribution in [0.4, 0.5) is 0 Å². The van der Waals surface area contributed by atoms with Crippen molar-refractivity contribution in [3.63, 3.8) is 0 Å². The molecule has 31 heavy (non-hydrogen) atoms. The Balaban J connectivity index is 1.92. The second kappa shape index (κ2) is 8.00. The molecule has 0 aliphatic carbocycles. The molecule has 164 valence electrons. The first kappa shape index (κ1) is 21.4. The van der Waals surface area contributed by atoms with E-state index >= 15 is 0 Å². The fourth-order valence-electron chi connectivity index (χ4n) is 4.49. The number of β-amino-alcohol motifs (C(OH)–C–C–N with tert-alkyl or cyclic N) is 1. The van der Waals surface area contributed by atoms with Crippen molar-refractivity contribution in [2.24, 2.45) is 0 Å². The van der Waals surface area contributed by atoms with E-state index in [1.165, 1.54) is 0 Å². The molecule has 0 saturated carbocycles. The molecule has 1 fully saturated rings. The molecule has 4 N–H and O–H groups in total. The summed E-state index contributed by atoms with van der Waals surface area (Å²) >= 11 is 0. The molecule has 0 bridgehead atoms. The van der Waals surface area contributed by atoms with E-state index in [0.717, 1.165) is 11.6 Å². The van der Waals surface area contributed by atoms with E-state index in [1.54, 1.807) is 19.1 Å². The zero-order chi connectivity index (χ0) is 22.4. The summed E-state index contributed by atoms with van der Waals surface area (Å²) in [5, 5.41) is 42.5. The van der Waals surface area contributed by atoms with Crippen LogP contribution in [0.1, 0.15) is 46.5 Å². The maximum absolute atomic E-state index is 13.4. The van der Waals surface area contributed by atoms with E-state index < -0.39 is 29.3 Å². The van der Waals surface area contributed by atoms with E-state index in [-0.39, 0.29) is 28.0 Å². The minimum Gasteiger partial charge on any atom is -0.507 e. The van der Waals surface area contributed by atoms with Gasteiger partial charge in [0.2, 0.25) is 5.43 Å². The van der Waals surface area contributed by atoms with Crippen LogP contribution in [-0.4, -0.2) is 51.6 Å². The minimum absolute atomic E-state index is 0.0345. The highest BCUT2D eigenvalue weighted by atomic mass is 16.3. The Morgan fingerprint density at radius 3 is 2.45 bits per heavy atom. The van der Waals surface area contributed by atoms with Crippen LogP contribution in [0.15, 0.2) is 39.5 Å². The molecular weight excluding hydrogens is 398 g/mol. The summed E-state index contributed by atoms with van der Waals surface area (Å²) in [5.41, 5.74) is 1.39. The molecule has 1 aromatic heterocycles. The van der Waals surface area contributed by atoms with Crippen molar-refractivity contribution in [2.45, 2.75) is 38.4 Å². The molecule has 4 rings (SSSR count). The van der Waals surface area contributed by atoms with Gasteiger partial charge < -0.3 is 29.7 Å². The minimum atomic E-state index is -1.23. The fourth-order valence-corrected chi connectivity index (χ4v) is 4.49. The van der Waals surface area contributed by atoms with Crippen molar-refractivity contribution in [3.8, 4) is 11.5 Å². The van der Waals surface area contributed by atoms with Gasteiger partial charge in [-0.2, -0.15) is 0 Å². The Bertz CT molecular complexity index is 1180. The quantitative estimate of drug-likeness (QED) is 0.510. The smallest absolute Gasteiger partial charge is 0.202 e. The van der Waals surface area contributed by atoms with Gasteiger partial charge in [0, 0.05) is 24.1 Å². The first-order valence-electron chi connectivity index (χ1n) is 10.3. The molecule has 1 aliphatic rings.